The van der Waals surface area contributed by atoms with Gasteiger partial charge in [0, 0.05) is 36.8 Å². The predicted molar refractivity (Wildman–Crippen MR) is 141 cm³/mol. The van der Waals surface area contributed by atoms with Gasteiger partial charge in [0.05, 0.1) is 12.0 Å². The summed E-state index contributed by atoms with van der Waals surface area (Å²) in [6.45, 7) is 1.77. The predicted octanol–water partition coefficient (Wildman–Crippen LogP) is 4.82. The zero-order valence-corrected chi connectivity index (χ0v) is 21.9. The quantitative estimate of drug-likeness (QED) is 0.412. The van der Waals surface area contributed by atoms with Crippen molar-refractivity contribution < 1.29 is 28.6 Å². The lowest BCUT2D eigenvalue weighted by atomic mass is 9.87. The number of hydrogen-bond acceptors (Lipinski definition) is 4. The van der Waals surface area contributed by atoms with E-state index in [1.807, 2.05) is 24.3 Å². The molecule has 1 aliphatic heterocycles. The van der Waals surface area contributed by atoms with Crippen molar-refractivity contribution in [1.82, 2.24) is 15.5 Å². The molecule has 3 amide bonds. The van der Waals surface area contributed by atoms with Gasteiger partial charge in [0.1, 0.15) is 0 Å². The van der Waals surface area contributed by atoms with Crippen LogP contribution in [0.15, 0.2) is 42.5 Å². The minimum absolute atomic E-state index is 0.0485. The molecule has 0 unspecified atom stereocenters. The van der Waals surface area contributed by atoms with Gasteiger partial charge < -0.3 is 25.4 Å². The van der Waals surface area contributed by atoms with E-state index in [0.717, 1.165) is 18.9 Å². The topological polar surface area (TPSA) is 108 Å². The van der Waals surface area contributed by atoms with Crippen LogP contribution in [0.1, 0.15) is 60.4 Å². The molecule has 2 aromatic carbocycles. The van der Waals surface area contributed by atoms with Crippen molar-refractivity contribution in [1.29, 1.82) is 0 Å². The number of carboxylic acid groups (broad SMARTS) is 1. The summed E-state index contributed by atoms with van der Waals surface area (Å²) in [7, 11) is 0. The minimum atomic E-state index is -0.806. The molecule has 0 radical (unpaired) electrons. The van der Waals surface area contributed by atoms with Gasteiger partial charge in [-0.15, -0.1) is 0 Å². The van der Waals surface area contributed by atoms with Crippen LogP contribution in [-0.4, -0.2) is 60.2 Å². The molecule has 2 fully saturated rings. The molecular weight excluding hydrogens is 513 g/mol. The van der Waals surface area contributed by atoms with Crippen molar-refractivity contribution in [3.63, 3.8) is 0 Å². The van der Waals surface area contributed by atoms with Crippen molar-refractivity contribution in [2.24, 2.45) is 5.92 Å². The van der Waals surface area contributed by atoms with Gasteiger partial charge in [-0.2, -0.15) is 0 Å². The fourth-order valence-electron chi connectivity index (χ4n) is 5.06. The average molecular weight is 546 g/mol. The Morgan fingerprint density at radius 2 is 1.61 bits per heavy atom. The van der Waals surface area contributed by atoms with Crippen LogP contribution >= 0.6 is 11.6 Å². The molecule has 2 aromatic rings. The number of rotatable bonds is 8. The van der Waals surface area contributed by atoms with E-state index in [0.29, 0.717) is 49.7 Å². The summed E-state index contributed by atoms with van der Waals surface area (Å²) >= 11 is 5.96. The van der Waals surface area contributed by atoms with E-state index in [4.69, 9.17) is 21.4 Å². The van der Waals surface area contributed by atoms with Crippen LogP contribution in [0, 0.1) is 11.7 Å². The standard InChI is InChI=1S/C28H33ClFN3O5/c29-22-6-1-18(2-7-22)19-11-15-33(16-12-19)28(37)32-14-13-31-26(34)21-5-10-25(24(30)17-21)38-23-8-3-20(4-9-23)27(35)36/h1-2,5-7,10,17,19-20,23H,3-4,8-9,11-16H2,(H,31,34)(H,32,37)(H,35,36)/t20-,23+. The van der Waals surface area contributed by atoms with Crippen LogP contribution in [0.25, 0.3) is 0 Å². The summed E-state index contributed by atoms with van der Waals surface area (Å²) in [5.74, 6) is -1.82. The monoisotopic (exact) mass is 545 g/mol. The molecule has 1 saturated heterocycles. The molecule has 38 heavy (non-hydrogen) atoms. The lowest BCUT2D eigenvalue weighted by Crippen LogP contribution is -2.46. The number of ether oxygens (including phenoxy) is 1. The summed E-state index contributed by atoms with van der Waals surface area (Å²) in [5.41, 5.74) is 1.39. The molecule has 2 aliphatic rings. The van der Waals surface area contributed by atoms with Gasteiger partial charge >= 0.3 is 12.0 Å². The number of nitrogens with zero attached hydrogens (tertiary/aromatic N) is 1. The van der Waals surface area contributed by atoms with E-state index in [9.17, 15) is 18.8 Å². The molecule has 0 spiro atoms. The maximum absolute atomic E-state index is 14.6. The molecule has 0 bridgehead atoms. The number of halogens is 2. The van der Waals surface area contributed by atoms with Gasteiger partial charge in [0.15, 0.2) is 11.6 Å². The van der Waals surface area contributed by atoms with Gasteiger partial charge in [-0.25, -0.2) is 9.18 Å². The van der Waals surface area contributed by atoms with Crippen LogP contribution in [0.3, 0.4) is 0 Å². The fraction of sp³-hybridized carbons (Fsp3) is 0.464. The molecular formula is C28H33ClFN3O5. The third-order valence-corrected chi connectivity index (χ3v) is 7.57. The molecule has 1 aliphatic carbocycles. The van der Waals surface area contributed by atoms with Crippen molar-refractivity contribution in [2.45, 2.75) is 50.5 Å². The lowest BCUT2D eigenvalue weighted by molar-refractivity contribution is -0.143. The Bertz CT molecular complexity index is 1130. The maximum atomic E-state index is 14.6. The van der Waals surface area contributed by atoms with Crippen molar-refractivity contribution in [3.05, 3.63) is 64.4 Å². The molecule has 10 heteroatoms. The Morgan fingerprint density at radius 1 is 0.947 bits per heavy atom. The van der Waals surface area contributed by atoms with E-state index in [1.54, 1.807) is 4.90 Å². The highest BCUT2D eigenvalue weighted by molar-refractivity contribution is 6.30. The number of nitrogens with one attached hydrogen (secondary N) is 2. The number of carbonyl (C=O) groups excluding carboxylic acids is 2. The second kappa shape index (κ2) is 13.0. The Hall–Kier alpha value is -3.33. The molecule has 0 aromatic heterocycles. The van der Waals surface area contributed by atoms with Crippen LogP contribution < -0.4 is 15.4 Å². The number of carboxylic acids is 1. The Balaban J connectivity index is 1.15. The summed E-state index contributed by atoms with van der Waals surface area (Å²) in [6.07, 6.45) is 3.60. The minimum Gasteiger partial charge on any atom is -0.487 e. The molecule has 3 N–H and O–H groups in total. The number of benzene rings is 2. The highest BCUT2D eigenvalue weighted by Gasteiger charge is 2.28. The van der Waals surface area contributed by atoms with Crippen molar-refractivity contribution in [3.8, 4) is 5.75 Å². The largest absolute Gasteiger partial charge is 0.487 e. The first-order chi connectivity index (χ1) is 18.3. The molecule has 4 rings (SSSR count). The van der Waals surface area contributed by atoms with Crippen molar-refractivity contribution >= 4 is 29.5 Å². The van der Waals surface area contributed by atoms with Gasteiger partial charge in [0.25, 0.3) is 5.91 Å². The Morgan fingerprint density at radius 3 is 2.24 bits per heavy atom. The van der Waals surface area contributed by atoms with E-state index < -0.39 is 17.7 Å². The van der Waals surface area contributed by atoms with Gasteiger partial charge in [-0.05, 0) is 80.3 Å². The first kappa shape index (κ1) is 27.7. The maximum Gasteiger partial charge on any atom is 0.317 e. The van der Waals surface area contributed by atoms with Gasteiger partial charge in [-0.3, -0.25) is 9.59 Å². The number of likely N-dealkylation sites (tertiary alicyclic amines) is 1. The van der Waals surface area contributed by atoms with E-state index in [1.165, 1.54) is 17.7 Å². The summed E-state index contributed by atoms with van der Waals surface area (Å²) in [6, 6.07) is 11.7. The van der Waals surface area contributed by atoms with Crippen LogP contribution in [-0.2, 0) is 4.79 Å². The Kier molecular flexibility index (Phi) is 9.44. The van der Waals surface area contributed by atoms with E-state index in [2.05, 4.69) is 10.6 Å². The zero-order chi connectivity index (χ0) is 27.1. The smallest absolute Gasteiger partial charge is 0.317 e. The average Bonchev–Trinajstić information content (AvgIpc) is 2.92. The molecule has 0 atom stereocenters. The summed E-state index contributed by atoms with van der Waals surface area (Å²) < 4.78 is 20.3. The van der Waals surface area contributed by atoms with E-state index >= 15 is 0 Å². The highest BCUT2D eigenvalue weighted by atomic mass is 35.5. The van der Waals surface area contributed by atoms with Gasteiger partial charge in [-0.1, -0.05) is 23.7 Å². The van der Waals surface area contributed by atoms with Crippen LogP contribution in [0.4, 0.5) is 9.18 Å². The second-order valence-electron chi connectivity index (χ2n) is 9.88. The molecule has 1 heterocycles. The molecule has 1 saturated carbocycles. The highest BCUT2D eigenvalue weighted by Crippen LogP contribution is 2.30. The van der Waals surface area contributed by atoms with Crippen LogP contribution in [0.2, 0.25) is 5.02 Å². The third kappa shape index (κ3) is 7.37. The fourth-order valence-corrected chi connectivity index (χ4v) is 5.18. The molecule has 204 valence electrons. The number of aliphatic carboxylic acids is 1. The zero-order valence-electron chi connectivity index (χ0n) is 21.1. The number of piperidine rings is 1. The van der Waals surface area contributed by atoms with Crippen LogP contribution in [0.5, 0.6) is 5.75 Å². The first-order valence-electron chi connectivity index (χ1n) is 13.1. The summed E-state index contributed by atoms with van der Waals surface area (Å²) in [4.78, 5) is 37.8. The number of hydrogen-bond donors (Lipinski definition) is 3. The normalized spacial score (nSPS) is 20.0. The van der Waals surface area contributed by atoms with E-state index in [-0.39, 0.29) is 42.5 Å². The second-order valence-corrected chi connectivity index (χ2v) is 10.3. The SMILES string of the molecule is O=C(NCCNC(=O)N1CCC(c2ccc(Cl)cc2)CC1)c1ccc(O[C@H]2CC[C@@H](C(=O)O)CC2)c(F)c1. The third-order valence-electron chi connectivity index (χ3n) is 7.32. The van der Waals surface area contributed by atoms with Crippen molar-refractivity contribution in [2.75, 3.05) is 26.2 Å². The molecule has 8 nitrogen and oxygen atoms in total. The van der Waals surface area contributed by atoms with Gasteiger partial charge in [0.2, 0.25) is 0 Å². The lowest BCUT2D eigenvalue weighted by Gasteiger charge is -2.32. The number of carbonyl (C=O) groups is 3. The first-order valence-corrected chi connectivity index (χ1v) is 13.4. The Labute approximate surface area is 226 Å². The number of urea groups is 1. The number of amides is 3. The summed E-state index contributed by atoms with van der Waals surface area (Å²) in [5, 5.41) is 15.3.